The molecule has 0 saturated heterocycles. The number of benzene rings is 1. The van der Waals surface area contributed by atoms with E-state index in [9.17, 15) is 9.18 Å². The smallest absolute Gasteiger partial charge is 0.248 e. The Kier molecular flexibility index (Phi) is 3.06. The normalized spacial score (nSPS) is 10.3. The summed E-state index contributed by atoms with van der Waals surface area (Å²) in [6.45, 7) is 3.55. The van der Waals surface area contributed by atoms with Crippen LogP contribution in [0.5, 0.6) is 5.75 Å². The van der Waals surface area contributed by atoms with Gasteiger partial charge in [0.2, 0.25) is 5.91 Å². The fourth-order valence-electron chi connectivity index (χ4n) is 1.00. The summed E-state index contributed by atoms with van der Waals surface area (Å²) in [4.78, 5) is 10.8. The lowest BCUT2D eigenvalue weighted by Crippen LogP contribution is -2.12. The Morgan fingerprint density at radius 1 is 1.50 bits per heavy atom. The van der Waals surface area contributed by atoms with Gasteiger partial charge in [0, 0.05) is 5.56 Å². The summed E-state index contributed by atoms with van der Waals surface area (Å²) in [5.41, 5.74) is 5.28. The predicted molar refractivity (Wildman–Crippen MR) is 50.7 cm³/mol. The summed E-state index contributed by atoms with van der Waals surface area (Å²) in [7, 11) is 0. The standard InChI is InChI=1S/C10H12FNO2/c1-6(2)14-9-5-7(10(12)13)3-4-8(9)11/h3-6H,1-2H3,(H2,12,13). The van der Waals surface area contributed by atoms with Gasteiger partial charge in [-0.15, -0.1) is 0 Å². The minimum absolute atomic E-state index is 0.0521. The van der Waals surface area contributed by atoms with E-state index in [4.69, 9.17) is 10.5 Å². The Morgan fingerprint density at radius 2 is 2.14 bits per heavy atom. The van der Waals surface area contributed by atoms with Crippen LogP contribution in [0.2, 0.25) is 0 Å². The van der Waals surface area contributed by atoms with Crippen LogP contribution in [0.3, 0.4) is 0 Å². The molecule has 1 rings (SSSR count). The van der Waals surface area contributed by atoms with E-state index in [1.807, 2.05) is 0 Å². The average Bonchev–Trinajstić information content (AvgIpc) is 2.07. The van der Waals surface area contributed by atoms with Crippen LogP contribution in [0, 0.1) is 5.82 Å². The number of hydrogen-bond acceptors (Lipinski definition) is 2. The number of carbonyl (C=O) groups excluding carboxylic acids is 1. The molecular weight excluding hydrogens is 185 g/mol. The van der Waals surface area contributed by atoms with E-state index in [2.05, 4.69) is 0 Å². The minimum atomic E-state index is -0.599. The van der Waals surface area contributed by atoms with Gasteiger partial charge in [0.05, 0.1) is 6.10 Å². The minimum Gasteiger partial charge on any atom is -0.488 e. The molecule has 0 radical (unpaired) electrons. The van der Waals surface area contributed by atoms with Crippen molar-refractivity contribution >= 4 is 5.91 Å². The number of ether oxygens (including phenoxy) is 1. The number of hydrogen-bond donors (Lipinski definition) is 1. The molecule has 0 bridgehead atoms. The number of amides is 1. The van der Waals surface area contributed by atoms with Gasteiger partial charge in [0.25, 0.3) is 0 Å². The highest BCUT2D eigenvalue weighted by Gasteiger charge is 2.09. The fraction of sp³-hybridized carbons (Fsp3) is 0.300. The van der Waals surface area contributed by atoms with E-state index >= 15 is 0 Å². The van der Waals surface area contributed by atoms with Crippen molar-refractivity contribution in [2.24, 2.45) is 5.73 Å². The summed E-state index contributed by atoms with van der Waals surface area (Å²) in [6.07, 6.45) is -0.146. The van der Waals surface area contributed by atoms with E-state index in [-0.39, 0.29) is 17.4 Å². The first-order valence-corrected chi connectivity index (χ1v) is 4.26. The van der Waals surface area contributed by atoms with Crippen molar-refractivity contribution in [3.63, 3.8) is 0 Å². The highest BCUT2D eigenvalue weighted by molar-refractivity contribution is 5.93. The van der Waals surface area contributed by atoms with Crippen molar-refractivity contribution in [3.05, 3.63) is 29.6 Å². The lowest BCUT2D eigenvalue weighted by Gasteiger charge is -2.10. The second-order valence-electron chi connectivity index (χ2n) is 3.18. The van der Waals surface area contributed by atoms with Gasteiger partial charge in [0.1, 0.15) is 0 Å². The third-order valence-corrected chi connectivity index (χ3v) is 1.58. The average molecular weight is 197 g/mol. The molecule has 0 spiro atoms. The number of rotatable bonds is 3. The van der Waals surface area contributed by atoms with Crippen molar-refractivity contribution in [1.29, 1.82) is 0 Å². The number of carbonyl (C=O) groups is 1. The highest BCUT2D eigenvalue weighted by Crippen LogP contribution is 2.19. The largest absolute Gasteiger partial charge is 0.488 e. The molecule has 2 N–H and O–H groups in total. The lowest BCUT2D eigenvalue weighted by atomic mass is 10.2. The fourth-order valence-corrected chi connectivity index (χ4v) is 1.00. The zero-order valence-corrected chi connectivity index (χ0v) is 8.08. The first kappa shape index (κ1) is 10.5. The van der Waals surface area contributed by atoms with Gasteiger partial charge >= 0.3 is 0 Å². The topological polar surface area (TPSA) is 52.3 Å². The van der Waals surface area contributed by atoms with Crippen LogP contribution in [0.1, 0.15) is 24.2 Å². The van der Waals surface area contributed by atoms with Crippen molar-refractivity contribution in [3.8, 4) is 5.75 Å². The van der Waals surface area contributed by atoms with Crippen LogP contribution < -0.4 is 10.5 Å². The maximum absolute atomic E-state index is 13.1. The molecule has 1 aromatic rings. The zero-order valence-electron chi connectivity index (χ0n) is 8.08. The van der Waals surface area contributed by atoms with Crippen molar-refractivity contribution in [2.45, 2.75) is 20.0 Å². The number of nitrogens with two attached hydrogens (primary N) is 1. The summed E-state index contributed by atoms with van der Waals surface area (Å²) in [5.74, 6) is -1.04. The van der Waals surface area contributed by atoms with Gasteiger partial charge in [-0.1, -0.05) is 0 Å². The Labute approximate surface area is 81.7 Å². The molecule has 1 amide bonds. The highest BCUT2D eigenvalue weighted by atomic mass is 19.1. The molecule has 0 saturated carbocycles. The summed E-state index contributed by atoms with van der Waals surface area (Å²) in [5, 5.41) is 0. The molecule has 0 fully saturated rings. The second kappa shape index (κ2) is 4.09. The van der Waals surface area contributed by atoms with Gasteiger partial charge in [-0.25, -0.2) is 4.39 Å². The van der Waals surface area contributed by atoms with E-state index in [0.29, 0.717) is 0 Å². The molecule has 0 atom stereocenters. The van der Waals surface area contributed by atoms with Gasteiger partial charge in [-0.05, 0) is 32.0 Å². The van der Waals surface area contributed by atoms with Gasteiger partial charge < -0.3 is 10.5 Å². The van der Waals surface area contributed by atoms with Crippen molar-refractivity contribution in [2.75, 3.05) is 0 Å². The molecule has 0 aliphatic heterocycles. The zero-order chi connectivity index (χ0) is 10.7. The predicted octanol–water partition coefficient (Wildman–Crippen LogP) is 1.71. The third kappa shape index (κ3) is 2.45. The van der Waals surface area contributed by atoms with Crippen molar-refractivity contribution < 1.29 is 13.9 Å². The Bertz CT molecular complexity index is 350. The molecule has 0 unspecified atom stereocenters. The second-order valence-corrected chi connectivity index (χ2v) is 3.18. The molecule has 3 nitrogen and oxygen atoms in total. The van der Waals surface area contributed by atoms with E-state index in [1.165, 1.54) is 12.1 Å². The molecule has 0 aromatic heterocycles. The monoisotopic (exact) mass is 197 g/mol. The van der Waals surface area contributed by atoms with E-state index < -0.39 is 11.7 Å². The quantitative estimate of drug-likeness (QED) is 0.801. The molecular formula is C10H12FNO2. The summed E-state index contributed by atoms with van der Waals surface area (Å²) < 4.78 is 18.3. The summed E-state index contributed by atoms with van der Waals surface area (Å²) >= 11 is 0. The molecule has 14 heavy (non-hydrogen) atoms. The van der Waals surface area contributed by atoms with Crippen LogP contribution in [0.4, 0.5) is 4.39 Å². The van der Waals surface area contributed by atoms with Gasteiger partial charge in [0.15, 0.2) is 11.6 Å². The third-order valence-electron chi connectivity index (χ3n) is 1.58. The molecule has 0 aliphatic carbocycles. The van der Waals surface area contributed by atoms with Gasteiger partial charge in [-0.2, -0.15) is 0 Å². The number of halogens is 1. The molecule has 1 aromatic carbocycles. The van der Waals surface area contributed by atoms with Gasteiger partial charge in [-0.3, -0.25) is 4.79 Å². The SMILES string of the molecule is CC(C)Oc1cc(C(N)=O)ccc1F. The maximum Gasteiger partial charge on any atom is 0.248 e. The van der Waals surface area contributed by atoms with Crippen LogP contribution >= 0.6 is 0 Å². The molecule has 0 aliphatic rings. The lowest BCUT2D eigenvalue weighted by molar-refractivity contribution is 0.0999. The Hall–Kier alpha value is -1.58. The van der Waals surface area contributed by atoms with Crippen LogP contribution in [0.25, 0.3) is 0 Å². The molecule has 76 valence electrons. The molecule has 0 heterocycles. The Morgan fingerprint density at radius 3 is 2.64 bits per heavy atom. The van der Waals surface area contributed by atoms with Crippen molar-refractivity contribution in [1.82, 2.24) is 0 Å². The van der Waals surface area contributed by atoms with Crippen LogP contribution in [-0.2, 0) is 0 Å². The molecule has 4 heteroatoms. The number of primary amides is 1. The van der Waals surface area contributed by atoms with Crippen LogP contribution in [-0.4, -0.2) is 12.0 Å². The van der Waals surface area contributed by atoms with E-state index in [0.717, 1.165) is 6.07 Å². The maximum atomic E-state index is 13.1. The van der Waals surface area contributed by atoms with E-state index in [1.54, 1.807) is 13.8 Å². The Balaban J connectivity index is 3.02. The first-order chi connectivity index (χ1) is 6.50. The first-order valence-electron chi connectivity index (χ1n) is 4.26. The van der Waals surface area contributed by atoms with Crippen LogP contribution in [0.15, 0.2) is 18.2 Å². The summed E-state index contributed by atoms with van der Waals surface area (Å²) in [6, 6.07) is 3.79.